The number of nitrogens with zero attached hydrogens (tertiary/aromatic N) is 5. The van der Waals surface area contributed by atoms with Crippen molar-refractivity contribution in [3.05, 3.63) is 86.8 Å². The summed E-state index contributed by atoms with van der Waals surface area (Å²) in [4.78, 5) is 47.7. The second kappa shape index (κ2) is 11.1. The normalized spacial score (nSPS) is 14.1. The lowest BCUT2D eigenvalue weighted by atomic mass is 10.1. The largest absolute Gasteiger partial charge is 0.475 e. The minimum Gasteiger partial charge on any atom is -0.475 e. The quantitative estimate of drug-likeness (QED) is 0.355. The molecule has 39 heavy (non-hydrogen) atoms. The summed E-state index contributed by atoms with van der Waals surface area (Å²) in [5.74, 6) is -1.42. The number of aromatic carboxylic acids is 1. The standard InChI is InChI=1S/C27H25Cl2N5O5/c1-31(18-2-4-21(28)22(29)13-18)24(35)15-34-16-30-23-5-3-19(12-20(23)26(34)36)33-9-7-32(8-10-33)14-17-6-11-39-25(17)27(37)38/h2-6,11-13,16H,7-10,14-15H2,1H3,(H,37,38). The summed E-state index contributed by atoms with van der Waals surface area (Å²) in [5.41, 5.74) is 2.33. The summed E-state index contributed by atoms with van der Waals surface area (Å²) in [7, 11) is 1.61. The number of carboxylic acids is 1. The molecule has 10 nitrogen and oxygen atoms in total. The van der Waals surface area contributed by atoms with Crippen LogP contribution in [0.3, 0.4) is 0 Å². The first-order valence-corrected chi connectivity index (χ1v) is 12.9. The maximum Gasteiger partial charge on any atom is 0.372 e. The molecule has 1 saturated heterocycles. The minimum atomic E-state index is -1.08. The Morgan fingerprint density at radius 3 is 2.54 bits per heavy atom. The van der Waals surface area contributed by atoms with E-state index in [1.165, 1.54) is 22.1 Å². The number of piperazine rings is 1. The molecule has 1 amide bonds. The maximum atomic E-state index is 13.3. The van der Waals surface area contributed by atoms with Gasteiger partial charge in [-0.25, -0.2) is 9.78 Å². The molecule has 1 N–H and O–H groups in total. The van der Waals surface area contributed by atoms with Crippen molar-refractivity contribution in [1.82, 2.24) is 14.5 Å². The number of anilines is 2. The topological polar surface area (TPSA) is 112 Å². The van der Waals surface area contributed by atoms with Crippen LogP contribution in [-0.4, -0.2) is 64.7 Å². The first-order chi connectivity index (χ1) is 18.7. The van der Waals surface area contributed by atoms with Gasteiger partial charge in [-0.15, -0.1) is 0 Å². The highest BCUT2D eigenvalue weighted by Crippen LogP contribution is 2.27. The number of rotatable bonds is 7. The number of hydrogen-bond donors (Lipinski definition) is 1. The van der Waals surface area contributed by atoms with Gasteiger partial charge >= 0.3 is 5.97 Å². The van der Waals surface area contributed by atoms with Crippen molar-refractivity contribution in [3.8, 4) is 0 Å². The molecule has 1 aliphatic rings. The third-order valence-corrected chi connectivity index (χ3v) is 7.59. The zero-order valence-corrected chi connectivity index (χ0v) is 22.5. The van der Waals surface area contributed by atoms with Crippen LogP contribution in [0, 0.1) is 0 Å². The van der Waals surface area contributed by atoms with Crippen LogP contribution in [0.25, 0.3) is 10.9 Å². The molecule has 1 aliphatic heterocycles. The summed E-state index contributed by atoms with van der Waals surface area (Å²) in [6.07, 6.45) is 2.77. The van der Waals surface area contributed by atoms with Crippen LogP contribution in [0.1, 0.15) is 16.1 Å². The Labute approximate surface area is 233 Å². The Morgan fingerprint density at radius 1 is 1.05 bits per heavy atom. The van der Waals surface area contributed by atoms with Crippen LogP contribution in [-0.2, 0) is 17.9 Å². The summed E-state index contributed by atoms with van der Waals surface area (Å²) < 4.78 is 6.38. The summed E-state index contributed by atoms with van der Waals surface area (Å²) in [6.45, 7) is 3.14. The Kier molecular flexibility index (Phi) is 7.60. The Hall–Kier alpha value is -3.86. The van der Waals surface area contributed by atoms with Crippen molar-refractivity contribution in [3.63, 3.8) is 0 Å². The Bertz CT molecular complexity index is 1610. The highest BCUT2D eigenvalue weighted by atomic mass is 35.5. The van der Waals surface area contributed by atoms with E-state index in [9.17, 15) is 19.5 Å². The molecule has 0 spiro atoms. The average Bonchev–Trinajstić information content (AvgIpc) is 3.40. The lowest BCUT2D eigenvalue weighted by Gasteiger charge is -2.36. The molecule has 5 rings (SSSR count). The van der Waals surface area contributed by atoms with Crippen molar-refractivity contribution in [1.29, 1.82) is 0 Å². The van der Waals surface area contributed by atoms with E-state index in [0.717, 1.165) is 18.8 Å². The van der Waals surface area contributed by atoms with Gasteiger partial charge in [-0.05, 0) is 42.5 Å². The molecule has 4 aromatic rings. The first kappa shape index (κ1) is 26.7. The molecule has 0 radical (unpaired) electrons. The number of fused-ring (bicyclic) bond motifs is 1. The molecule has 0 unspecified atom stereocenters. The van der Waals surface area contributed by atoms with E-state index < -0.39 is 5.97 Å². The fourth-order valence-corrected chi connectivity index (χ4v) is 4.89. The third-order valence-electron chi connectivity index (χ3n) is 6.85. The smallest absolute Gasteiger partial charge is 0.372 e. The third kappa shape index (κ3) is 5.63. The van der Waals surface area contributed by atoms with Crippen LogP contribution in [0.4, 0.5) is 11.4 Å². The van der Waals surface area contributed by atoms with E-state index in [4.69, 9.17) is 27.6 Å². The first-order valence-electron chi connectivity index (χ1n) is 12.2. The number of carbonyl (C=O) groups is 2. The predicted molar refractivity (Wildman–Crippen MR) is 149 cm³/mol. The number of halogens is 2. The van der Waals surface area contributed by atoms with Gasteiger partial charge in [-0.1, -0.05) is 23.2 Å². The monoisotopic (exact) mass is 569 g/mol. The molecular weight excluding hydrogens is 545 g/mol. The van der Waals surface area contributed by atoms with E-state index in [1.54, 1.807) is 37.4 Å². The second-order valence-electron chi connectivity index (χ2n) is 9.27. The van der Waals surface area contributed by atoms with Gasteiger partial charge in [-0.3, -0.25) is 19.1 Å². The number of benzene rings is 2. The predicted octanol–water partition coefficient (Wildman–Crippen LogP) is 3.98. The van der Waals surface area contributed by atoms with Gasteiger partial charge in [0.1, 0.15) is 6.54 Å². The molecule has 0 aliphatic carbocycles. The molecule has 2 aromatic carbocycles. The lowest BCUT2D eigenvalue weighted by molar-refractivity contribution is -0.118. The summed E-state index contributed by atoms with van der Waals surface area (Å²) in [5, 5.41) is 10.4. The summed E-state index contributed by atoms with van der Waals surface area (Å²) >= 11 is 12.1. The molecular formula is C27H25Cl2N5O5. The van der Waals surface area contributed by atoms with Gasteiger partial charge in [0.05, 0.1) is 33.5 Å². The number of amides is 1. The zero-order chi connectivity index (χ0) is 27.7. The second-order valence-corrected chi connectivity index (χ2v) is 10.1. The molecule has 12 heteroatoms. The lowest BCUT2D eigenvalue weighted by Crippen LogP contribution is -2.46. The van der Waals surface area contributed by atoms with Crippen molar-refractivity contribution >= 4 is 57.4 Å². The van der Waals surface area contributed by atoms with Gasteiger partial charge in [0.2, 0.25) is 11.7 Å². The molecule has 0 saturated carbocycles. The SMILES string of the molecule is CN(C(=O)Cn1cnc2ccc(N3CCN(Cc4ccoc4C(=O)O)CC3)cc2c1=O)c1ccc(Cl)c(Cl)c1. The molecule has 0 bridgehead atoms. The molecule has 0 atom stereocenters. The fourth-order valence-electron chi connectivity index (χ4n) is 4.60. The minimum absolute atomic E-state index is 0.0302. The van der Waals surface area contributed by atoms with Gasteiger partial charge in [0, 0.05) is 56.7 Å². The van der Waals surface area contributed by atoms with E-state index in [0.29, 0.717) is 51.8 Å². The van der Waals surface area contributed by atoms with Crippen molar-refractivity contribution < 1.29 is 19.1 Å². The number of carbonyl (C=O) groups excluding carboxylic acids is 1. The number of carboxylic acid groups (broad SMARTS) is 1. The average molecular weight is 570 g/mol. The van der Waals surface area contributed by atoms with Gasteiger partial charge in [0.15, 0.2) is 0 Å². The molecule has 1 fully saturated rings. The van der Waals surface area contributed by atoms with Crippen LogP contribution in [0.2, 0.25) is 10.0 Å². The van der Waals surface area contributed by atoms with Gasteiger partial charge in [0.25, 0.3) is 5.56 Å². The van der Waals surface area contributed by atoms with E-state index >= 15 is 0 Å². The van der Waals surface area contributed by atoms with E-state index in [1.807, 2.05) is 12.1 Å². The number of hydrogen-bond acceptors (Lipinski definition) is 7. The van der Waals surface area contributed by atoms with E-state index in [2.05, 4.69) is 14.8 Å². The number of furan rings is 1. The van der Waals surface area contributed by atoms with E-state index in [-0.39, 0.29) is 23.8 Å². The van der Waals surface area contributed by atoms with Crippen molar-refractivity contribution in [2.75, 3.05) is 43.0 Å². The van der Waals surface area contributed by atoms with Gasteiger partial charge in [-0.2, -0.15) is 0 Å². The highest BCUT2D eigenvalue weighted by molar-refractivity contribution is 6.42. The fraction of sp³-hybridized carbons (Fsp3) is 0.259. The van der Waals surface area contributed by atoms with Crippen molar-refractivity contribution in [2.24, 2.45) is 0 Å². The number of likely N-dealkylation sites (N-methyl/N-ethyl adjacent to an activating group) is 1. The zero-order valence-electron chi connectivity index (χ0n) is 21.0. The van der Waals surface area contributed by atoms with Crippen LogP contribution in [0.15, 0.2) is 64.3 Å². The van der Waals surface area contributed by atoms with Crippen LogP contribution >= 0.6 is 23.2 Å². The Balaban J connectivity index is 1.28. The molecule has 2 aromatic heterocycles. The highest BCUT2D eigenvalue weighted by Gasteiger charge is 2.22. The number of aromatic nitrogens is 2. The Morgan fingerprint density at radius 2 is 1.82 bits per heavy atom. The summed E-state index contributed by atoms with van der Waals surface area (Å²) in [6, 6.07) is 12.1. The maximum absolute atomic E-state index is 13.3. The van der Waals surface area contributed by atoms with Gasteiger partial charge < -0.3 is 19.3 Å². The van der Waals surface area contributed by atoms with Crippen LogP contribution < -0.4 is 15.4 Å². The molecule has 3 heterocycles. The van der Waals surface area contributed by atoms with Crippen LogP contribution in [0.5, 0.6) is 0 Å². The van der Waals surface area contributed by atoms with Crippen molar-refractivity contribution in [2.45, 2.75) is 13.1 Å². The molecule has 202 valence electrons.